The Hall–Kier alpha value is -1.47. The molecule has 0 aliphatic carbocycles. The number of rotatable bonds is 3. The zero-order chi connectivity index (χ0) is 13.1. The molecule has 2 heterocycles. The summed E-state index contributed by atoms with van der Waals surface area (Å²) in [5.74, 6) is -1.57. The van der Waals surface area contributed by atoms with E-state index >= 15 is 0 Å². The lowest BCUT2D eigenvalue weighted by atomic mass is 10.2. The number of amides is 1. The van der Waals surface area contributed by atoms with E-state index in [9.17, 15) is 9.18 Å². The van der Waals surface area contributed by atoms with Crippen LogP contribution in [0.3, 0.4) is 0 Å². The zero-order valence-electron chi connectivity index (χ0n) is 9.11. The Kier molecular flexibility index (Phi) is 3.93. The van der Waals surface area contributed by atoms with Gasteiger partial charge in [-0.05, 0) is 34.1 Å². The summed E-state index contributed by atoms with van der Waals surface area (Å²) in [5.41, 5.74) is 5.20. The van der Waals surface area contributed by atoms with Crippen molar-refractivity contribution in [1.29, 1.82) is 0 Å². The Morgan fingerprint density at radius 1 is 1.50 bits per heavy atom. The van der Waals surface area contributed by atoms with Gasteiger partial charge in [0.25, 0.3) is 5.91 Å². The van der Waals surface area contributed by atoms with Crippen LogP contribution in [0.4, 0.5) is 10.2 Å². The van der Waals surface area contributed by atoms with Gasteiger partial charge in [0, 0.05) is 11.1 Å². The summed E-state index contributed by atoms with van der Waals surface area (Å²) < 4.78 is 14.5. The summed E-state index contributed by atoms with van der Waals surface area (Å²) in [5, 5.41) is 2.62. The van der Waals surface area contributed by atoms with Crippen molar-refractivity contribution in [3.63, 3.8) is 0 Å². The van der Waals surface area contributed by atoms with Gasteiger partial charge in [0.1, 0.15) is 0 Å². The van der Waals surface area contributed by atoms with Gasteiger partial charge in [-0.15, -0.1) is 11.3 Å². The molecule has 0 atom stereocenters. The largest absolute Gasteiger partial charge is 0.381 e. The number of nitrogen functional groups attached to an aromatic ring is 1. The first-order valence-corrected chi connectivity index (χ1v) is 6.61. The molecule has 0 saturated carbocycles. The lowest BCUT2D eigenvalue weighted by Crippen LogP contribution is -2.24. The molecule has 7 heteroatoms. The number of carbonyl (C=O) groups excluding carboxylic acids is 1. The van der Waals surface area contributed by atoms with Crippen molar-refractivity contribution < 1.29 is 9.18 Å². The number of nitrogens with two attached hydrogens (primary N) is 1. The number of carbonyl (C=O) groups is 1. The molecule has 0 aliphatic heterocycles. The van der Waals surface area contributed by atoms with Crippen molar-refractivity contribution in [3.05, 3.63) is 44.4 Å². The molecule has 94 valence electrons. The van der Waals surface area contributed by atoms with E-state index in [2.05, 4.69) is 26.2 Å². The Balaban J connectivity index is 2.06. The minimum Gasteiger partial charge on any atom is -0.381 e. The zero-order valence-corrected chi connectivity index (χ0v) is 11.5. The Morgan fingerprint density at radius 2 is 2.28 bits per heavy atom. The van der Waals surface area contributed by atoms with Gasteiger partial charge in [0.05, 0.1) is 15.9 Å². The number of nitrogens with zero attached hydrogens (tertiary/aromatic N) is 1. The van der Waals surface area contributed by atoms with Crippen LogP contribution in [0.25, 0.3) is 0 Å². The minimum absolute atomic E-state index is 0.0990. The summed E-state index contributed by atoms with van der Waals surface area (Å²) in [4.78, 5) is 16.3. The van der Waals surface area contributed by atoms with Crippen LogP contribution in [-0.2, 0) is 6.54 Å². The average Bonchev–Trinajstić information content (AvgIpc) is 2.76. The number of hydrogen-bond acceptors (Lipinski definition) is 4. The summed E-state index contributed by atoms with van der Waals surface area (Å²) in [6.07, 6.45) is 1.30. The van der Waals surface area contributed by atoms with E-state index in [0.717, 1.165) is 8.66 Å². The molecule has 0 bridgehead atoms. The van der Waals surface area contributed by atoms with Crippen molar-refractivity contribution in [3.8, 4) is 0 Å². The maximum Gasteiger partial charge on any atom is 0.254 e. The molecule has 0 saturated heterocycles. The Morgan fingerprint density at radius 3 is 2.94 bits per heavy atom. The van der Waals surface area contributed by atoms with Gasteiger partial charge in [-0.3, -0.25) is 4.79 Å². The maximum atomic E-state index is 13.5. The first-order valence-electron chi connectivity index (χ1n) is 5.00. The fraction of sp³-hybridized carbons (Fsp3) is 0.0909. The van der Waals surface area contributed by atoms with Gasteiger partial charge in [0.2, 0.25) is 0 Å². The highest BCUT2D eigenvalue weighted by Crippen LogP contribution is 2.22. The molecule has 0 aromatic carbocycles. The highest BCUT2D eigenvalue weighted by atomic mass is 79.9. The van der Waals surface area contributed by atoms with E-state index in [0.29, 0.717) is 6.54 Å². The molecule has 1 amide bonds. The number of nitrogens with one attached hydrogen (secondary N) is 1. The van der Waals surface area contributed by atoms with Crippen LogP contribution in [0.5, 0.6) is 0 Å². The molecule has 0 spiro atoms. The lowest BCUT2D eigenvalue weighted by molar-refractivity contribution is 0.0947. The van der Waals surface area contributed by atoms with Gasteiger partial charge in [-0.1, -0.05) is 0 Å². The van der Waals surface area contributed by atoms with Crippen LogP contribution in [0.2, 0.25) is 0 Å². The molecular weight excluding hydrogens is 321 g/mol. The minimum atomic E-state index is -0.789. The van der Waals surface area contributed by atoms with Gasteiger partial charge in [-0.2, -0.15) is 0 Å². The fourth-order valence-electron chi connectivity index (χ4n) is 1.34. The quantitative estimate of drug-likeness (QED) is 0.909. The van der Waals surface area contributed by atoms with Crippen LogP contribution in [0.1, 0.15) is 15.2 Å². The lowest BCUT2D eigenvalue weighted by Gasteiger charge is -2.05. The van der Waals surface area contributed by atoms with Gasteiger partial charge in [0.15, 0.2) is 11.6 Å². The highest BCUT2D eigenvalue weighted by molar-refractivity contribution is 9.11. The third kappa shape index (κ3) is 2.85. The second-order valence-corrected chi connectivity index (χ2v) is 5.99. The van der Waals surface area contributed by atoms with E-state index < -0.39 is 11.7 Å². The molecular formula is C11H9BrFN3OS. The average molecular weight is 330 g/mol. The Bertz CT molecular complexity index is 587. The van der Waals surface area contributed by atoms with Crippen molar-refractivity contribution in [2.75, 3.05) is 5.73 Å². The Labute approximate surface area is 115 Å². The number of thiophene rings is 1. The first-order chi connectivity index (χ1) is 8.58. The van der Waals surface area contributed by atoms with Crippen molar-refractivity contribution in [1.82, 2.24) is 10.3 Å². The predicted molar refractivity (Wildman–Crippen MR) is 71.8 cm³/mol. The van der Waals surface area contributed by atoms with Crippen molar-refractivity contribution in [2.45, 2.75) is 6.54 Å². The molecule has 4 nitrogen and oxygen atoms in total. The normalized spacial score (nSPS) is 10.3. The van der Waals surface area contributed by atoms with Crippen LogP contribution < -0.4 is 11.1 Å². The summed E-state index contributed by atoms with van der Waals surface area (Å²) >= 11 is 4.83. The summed E-state index contributed by atoms with van der Waals surface area (Å²) in [7, 11) is 0. The van der Waals surface area contributed by atoms with E-state index in [1.165, 1.54) is 23.6 Å². The molecule has 0 radical (unpaired) electrons. The molecule has 2 rings (SSSR count). The fourth-order valence-corrected chi connectivity index (χ4v) is 2.77. The number of halogens is 2. The molecule has 2 aromatic heterocycles. The van der Waals surface area contributed by atoms with Crippen LogP contribution in [0.15, 0.2) is 28.2 Å². The van der Waals surface area contributed by atoms with E-state index in [4.69, 9.17) is 5.73 Å². The molecule has 18 heavy (non-hydrogen) atoms. The molecule has 3 N–H and O–H groups in total. The second-order valence-electron chi connectivity index (χ2n) is 3.45. The smallest absolute Gasteiger partial charge is 0.254 e. The monoisotopic (exact) mass is 329 g/mol. The SMILES string of the molecule is Nc1nccc(C(=O)NCc2ccc(Br)s2)c1F. The number of aromatic nitrogens is 1. The molecule has 0 fully saturated rings. The third-order valence-corrected chi connectivity index (χ3v) is 3.84. The van der Waals surface area contributed by atoms with Crippen LogP contribution in [-0.4, -0.2) is 10.9 Å². The second kappa shape index (κ2) is 5.45. The highest BCUT2D eigenvalue weighted by Gasteiger charge is 2.14. The third-order valence-electron chi connectivity index (χ3n) is 2.21. The van der Waals surface area contributed by atoms with E-state index in [-0.39, 0.29) is 11.4 Å². The number of anilines is 1. The number of pyridine rings is 1. The molecule has 0 aliphatic rings. The van der Waals surface area contributed by atoms with Gasteiger partial charge in [-0.25, -0.2) is 9.37 Å². The van der Waals surface area contributed by atoms with Gasteiger partial charge < -0.3 is 11.1 Å². The summed E-state index contributed by atoms with van der Waals surface area (Å²) in [6, 6.07) is 5.06. The van der Waals surface area contributed by atoms with Crippen LogP contribution in [0, 0.1) is 5.82 Å². The van der Waals surface area contributed by atoms with E-state index in [1.54, 1.807) is 0 Å². The first kappa shape index (κ1) is 13.0. The van der Waals surface area contributed by atoms with Gasteiger partial charge >= 0.3 is 0 Å². The van der Waals surface area contributed by atoms with Crippen molar-refractivity contribution >= 4 is 39.0 Å². The van der Waals surface area contributed by atoms with Crippen molar-refractivity contribution in [2.24, 2.45) is 0 Å². The molecule has 2 aromatic rings. The predicted octanol–water partition coefficient (Wildman–Crippen LogP) is 2.56. The number of hydrogen-bond donors (Lipinski definition) is 2. The maximum absolute atomic E-state index is 13.5. The van der Waals surface area contributed by atoms with E-state index in [1.807, 2.05) is 12.1 Å². The topological polar surface area (TPSA) is 68.0 Å². The molecule has 0 unspecified atom stereocenters. The van der Waals surface area contributed by atoms with Crippen LogP contribution >= 0.6 is 27.3 Å². The summed E-state index contributed by atoms with van der Waals surface area (Å²) in [6.45, 7) is 0.344. The standard InChI is InChI=1S/C11H9BrFN3OS/c12-8-2-1-6(18-8)5-16-11(17)7-3-4-15-10(14)9(7)13/h1-4H,5H2,(H2,14,15)(H,16,17).